The third kappa shape index (κ3) is 4.42. The SMILES string of the molecule is C[C@@H]1CN[C@@H](Cn2cc(F)cn2)CN1C(=O)OC(C)(C)C. The van der Waals surface area contributed by atoms with Gasteiger partial charge in [0.15, 0.2) is 5.82 Å². The number of hydrogen-bond donors (Lipinski definition) is 1. The average molecular weight is 298 g/mol. The number of ether oxygens (including phenoxy) is 1. The maximum absolute atomic E-state index is 12.9. The van der Waals surface area contributed by atoms with E-state index in [1.807, 2.05) is 27.7 Å². The van der Waals surface area contributed by atoms with Crippen molar-refractivity contribution in [2.45, 2.75) is 51.9 Å². The van der Waals surface area contributed by atoms with Gasteiger partial charge >= 0.3 is 6.09 Å². The molecule has 1 amide bonds. The van der Waals surface area contributed by atoms with Crippen molar-refractivity contribution in [2.24, 2.45) is 0 Å². The average Bonchev–Trinajstić information content (AvgIpc) is 2.75. The Hall–Kier alpha value is -1.63. The van der Waals surface area contributed by atoms with E-state index in [0.717, 1.165) is 0 Å². The van der Waals surface area contributed by atoms with Crippen LogP contribution < -0.4 is 5.32 Å². The molecule has 0 saturated carbocycles. The van der Waals surface area contributed by atoms with Crippen LogP contribution in [0.4, 0.5) is 9.18 Å². The number of aromatic nitrogens is 2. The summed E-state index contributed by atoms with van der Waals surface area (Å²) in [4.78, 5) is 13.9. The smallest absolute Gasteiger partial charge is 0.410 e. The summed E-state index contributed by atoms with van der Waals surface area (Å²) in [6.07, 6.45) is 2.21. The third-order valence-corrected chi connectivity index (χ3v) is 3.29. The number of piperazine rings is 1. The second-order valence-electron chi connectivity index (χ2n) is 6.47. The van der Waals surface area contributed by atoms with Crippen LogP contribution in [0, 0.1) is 5.82 Å². The molecule has 0 spiro atoms. The quantitative estimate of drug-likeness (QED) is 0.901. The molecule has 0 radical (unpaired) electrons. The van der Waals surface area contributed by atoms with E-state index in [1.165, 1.54) is 17.1 Å². The van der Waals surface area contributed by atoms with Crippen LogP contribution in [0.5, 0.6) is 0 Å². The monoisotopic (exact) mass is 298 g/mol. The molecule has 0 aliphatic carbocycles. The summed E-state index contributed by atoms with van der Waals surface area (Å²) in [5.41, 5.74) is -0.512. The number of halogens is 1. The number of amides is 1. The number of rotatable bonds is 2. The summed E-state index contributed by atoms with van der Waals surface area (Å²) in [6, 6.07) is 0.0819. The molecule has 1 aromatic heterocycles. The minimum atomic E-state index is -0.512. The van der Waals surface area contributed by atoms with Crippen molar-refractivity contribution in [1.82, 2.24) is 20.0 Å². The summed E-state index contributed by atoms with van der Waals surface area (Å²) in [7, 11) is 0. The van der Waals surface area contributed by atoms with Crippen LogP contribution in [0.2, 0.25) is 0 Å². The van der Waals surface area contributed by atoms with Gasteiger partial charge in [0.1, 0.15) is 5.60 Å². The minimum Gasteiger partial charge on any atom is -0.444 e. The predicted octanol–water partition coefficient (Wildman–Crippen LogP) is 1.62. The molecule has 0 unspecified atom stereocenters. The van der Waals surface area contributed by atoms with Gasteiger partial charge in [0, 0.05) is 25.2 Å². The summed E-state index contributed by atoms with van der Waals surface area (Å²) in [5.74, 6) is -0.358. The zero-order chi connectivity index (χ0) is 15.6. The molecular weight excluding hydrogens is 275 g/mol. The predicted molar refractivity (Wildman–Crippen MR) is 76.4 cm³/mol. The van der Waals surface area contributed by atoms with Crippen molar-refractivity contribution in [3.05, 3.63) is 18.2 Å². The lowest BCUT2D eigenvalue weighted by Gasteiger charge is -2.39. The van der Waals surface area contributed by atoms with E-state index in [2.05, 4.69) is 10.4 Å². The van der Waals surface area contributed by atoms with Gasteiger partial charge in [-0.1, -0.05) is 0 Å². The summed E-state index contributed by atoms with van der Waals surface area (Å²) < 4.78 is 19.9. The molecule has 2 heterocycles. The molecule has 1 aromatic rings. The topological polar surface area (TPSA) is 59.4 Å². The molecule has 0 aromatic carbocycles. The Bertz CT molecular complexity index is 497. The van der Waals surface area contributed by atoms with Crippen molar-refractivity contribution in [1.29, 1.82) is 0 Å². The normalized spacial score (nSPS) is 23.2. The zero-order valence-corrected chi connectivity index (χ0v) is 13.0. The molecule has 1 aliphatic heterocycles. The third-order valence-electron chi connectivity index (χ3n) is 3.29. The molecule has 2 atom stereocenters. The fraction of sp³-hybridized carbons (Fsp3) is 0.714. The van der Waals surface area contributed by atoms with E-state index in [9.17, 15) is 9.18 Å². The van der Waals surface area contributed by atoms with Gasteiger partial charge in [-0.3, -0.25) is 4.68 Å². The van der Waals surface area contributed by atoms with Crippen LogP contribution >= 0.6 is 0 Å². The first-order valence-corrected chi connectivity index (χ1v) is 7.15. The highest BCUT2D eigenvalue weighted by Gasteiger charge is 2.32. The van der Waals surface area contributed by atoms with Gasteiger partial charge in [0.2, 0.25) is 0 Å². The molecule has 118 valence electrons. The number of carbonyl (C=O) groups is 1. The maximum Gasteiger partial charge on any atom is 0.410 e. The Balaban J connectivity index is 1.97. The number of carbonyl (C=O) groups excluding carboxylic acids is 1. The Morgan fingerprint density at radius 2 is 2.29 bits per heavy atom. The Morgan fingerprint density at radius 1 is 1.57 bits per heavy atom. The van der Waals surface area contributed by atoms with E-state index >= 15 is 0 Å². The molecule has 21 heavy (non-hydrogen) atoms. The maximum atomic E-state index is 12.9. The molecule has 7 heteroatoms. The first kappa shape index (κ1) is 15.8. The van der Waals surface area contributed by atoms with Crippen LogP contribution in [0.25, 0.3) is 0 Å². The van der Waals surface area contributed by atoms with Gasteiger partial charge in [0.25, 0.3) is 0 Å². The van der Waals surface area contributed by atoms with Crippen molar-refractivity contribution in [3.63, 3.8) is 0 Å². The van der Waals surface area contributed by atoms with E-state index in [0.29, 0.717) is 19.6 Å². The van der Waals surface area contributed by atoms with Gasteiger partial charge in [-0.25, -0.2) is 9.18 Å². The molecule has 1 aliphatic rings. The molecule has 1 fully saturated rings. The molecule has 0 bridgehead atoms. The fourth-order valence-corrected chi connectivity index (χ4v) is 2.29. The van der Waals surface area contributed by atoms with Crippen molar-refractivity contribution >= 4 is 6.09 Å². The lowest BCUT2D eigenvalue weighted by atomic mass is 10.1. The van der Waals surface area contributed by atoms with Gasteiger partial charge in [-0.15, -0.1) is 0 Å². The first-order chi connectivity index (χ1) is 9.74. The molecule has 1 saturated heterocycles. The van der Waals surface area contributed by atoms with E-state index in [4.69, 9.17) is 4.74 Å². The molecule has 2 rings (SSSR count). The number of nitrogens with zero attached hydrogens (tertiary/aromatic N) is 3. The fourth-order valence-electron chi connectivity index (χ4n) is 2.29. The van der Waals surface area contributed by atoms with E-state index < -0.39 is 5.60 Å². The highest BCUT2D eigenvalue weighted by molar-refractivity contribution is 5.68. The first-order valence-electron chi connectivity index (χ1n) is 7.15. The van der Waals surface area contributed by atoms with Crippen molar-refractivity contribution in [3.8, 4) is 0 Å². The highest BCUT2D eigenvalue weighted by atomic mass is 19.1. The van der Waals surface area contributed by atoms with Crippen molar-refractivity contribution < 1.29 is 13.9 Å². The standard InChI is InChI=1S/C14H23FN4O2/c1-10-5-16-12(8-18-7-11(15)6-17-18)9-19(10)13(20)21-14(2,3)4/h6-7,10,12,16H,5,8-9H2,1-4H3/t10-,12+/m1/s1. The minimum absolute atomic E-state index is 0.0213. The van der Waals surface area contributed by atoms with E-state index in [-0.39, 0.29) is 24.0 Å². The number of nitrogens with one attached hydrogen (secondary N) is 1. The van der Waals surface area contributed by atoms with Gasteiger partial charge < -0.3 is 15.0 Å². The second-order valence-corrected chi connectivity index (χ2v) is 6.47. The summed E-state index contributed by atoms with van der Waals surface area (Å²) in [6.45, 7) is 9.22. The molecule has 1 N–H and O–H groups in total. The zero-order valence-electron chi connectivity index (χ0n) is 13.0. The van der Waals surface area contributed by atoms with Crippen LogP contribution in [0.15, 0.2) is 12.4 Å². The van der Waals surface area contributed by atoms with Gasteiger partial charge in [-0.2, -0.15) is 5.10 Å². The number of hydrogen-bond acceptors (Lipinski definition) is 4. The molecule has 6 nitrogen and oxygen atoms in total. The van der Waals surface area contributed by atoms with Crippen LogP contribution in [-0.2, 0) is 11.3 Å². The lowest BCUT2D eigenvalue weighted by molar-refractivity contribution is 0.00873. The summed E-state index contributed by atoms with van der Waals surface area (Å²) >= 11 is 0. The van der Waals surface area contributed by atoms with Crippen LogP contribution in [0.1, 0.15) is 27.7 Å². The van der Waals surface area contributed by atoms with Gasteiger partial charge in [-0.05, 0) is 27.7 Å². The van der Waals surface area contributed by atoms with Crippen LogP contribution in [0.3, 0.4) is 0 Å². The highest BCUT2D eigenvalue weighted by Crippen LogP contribution is 2.15. The van der Waals surface area contributed by atoms with Gasteiger partial charge in [0.05, 0.1) is 18.9 Å². The Labute approximate surface area is 124 Å². The van der Waals surface area contributed by atoms with E-state index in [1.54, 1.807) is 4.90 Å². The Kier molecular flexibility index (Phi) is 4.51. The van der Waals surface area contributed by atoms with Crippen LogP contribution in [-0.4, -0.2) is 51.5 Å². The van der Waals surface area contributed by atoms with Crippen molar-refractivity contribution in [2.75, 3.05) is 13.1 Å². The molecular formula is C14H23FN4O2. The Morgan fingerprint density at radius 3 is 2.86 bits per heavy atom. The summed E-state index contributed by atoms with van der Waals surface area (Å²) in [5, 5.41) is 7.27. The lowest BCUT2D eigenvalue weighted by Crippen LogP contribution is -2.59. The largest absolute Gasteiger partial charge is 0.444 e. The second kappa shape index (κ2) is 6.01.